The van der Waals surface area contributed by atoms with Crippen LogP contribution in [-0.4, -0.2) is 33.3 Å². The first-order chi connectivity index (χ1) is 10.1. The van der Waals surface area contributed by atoms with E-state index in [0.29, 0.717) is 29.5 Å². The minimum absolute atomic E-state index is 0.229. The molecule has 0 bridgehead atoms. The third-order valence-corrected chi connectivity index (χ3v) is 3.88. The second-order valence-electron chi connectivity index (χ2n) is 4.25. The molecule has 0 aliphatic rings. The lowest BCUT2D eigenvalue weighted by Gasteiger charge is -2.05. The van der Waals surface area contributed by atoms with Gasteiger partial charge in [-0.25, -0.2) is 13.9 Å². The molecule has 0 unspecified atom stereocenters. The van der Waals surface area contributed by atoms with Crippen LogP contribution in [0.15, 0.2) is 29.2 Å². The van der Waals surface area contributed by atoms with E-state index in [-0.39, 0.29) is 11.5 Å². The molecule has 1 aromatic carbocycles. The summed E-state index contributed by atoms with van der Waals surface area (Å²) in [6.45, 7) is 4.34. The number of halogens is 1. The first-order valence-corrected chi connectivity index (χ1v) is 7.56. The molecule has 0 amide bonds. The molecule has 0 aliphatic carbocycles. The number of benzene rings is 1. The predicted molar refractivity (Wildman–Crippen MR) is 77.8 cm³/mol. The van der Waals surface area contributed by atoms with Gasteiger partial charge in [0.05, 0.1) is 18.8 Å². The highest BCUT2D eigenvalue weighted by molar-refractivity contribution is 7.99. The molecule has 0 atom stereocenters. The number of thioether (sulfide) groups is 1. The largest absolute Gasteiger partial charge is 0.461 e. The Morgan fingerprint density at radius 2 is 2.19 bits per heavy atom. The number of carbonyl (C=O) groups is 1. The maximum absolute atomic E-state index is 13.5. The van der Waals surface area contributed by atoms with Crippen LogP contribution < -0.4 is 0 Å². The van der Waals surface area contributed by atoms with Gasteiger partial charge >= 0.3 is 5.97 Å². The molecule has 7 heteroatoms. The standard InChI is InChI=1S/C14H16FN3O2S/c1-3-20-14(19)13-10(2)18(17-16-13)8-9-21-12-7-5-4-6-11(12)15/h4-7H,3,8-9H2,1-2H3. The Bertz CT molecular complexity index is 630. The summed E-state index contributed by atoms with van der Waals surface area (Å²) in [6, 6.07) is 6.62. The highest BCUT2D eigenvalue weighted by Crippen LogP contribution is 2.21. The summed E-state index contributed by atoms with van der Waals surface area (Å²) in [4.78, 5) is 12.2. The van der Waals surface area contributed by atoms with E-state index in [4.69, 9.17) is 4.74 Å². The molecule has 0 spiro atoms. The van der Waals surface area contributed by atoms with Gasteiger partial charge in [-0.2, -0.15) is 0 Å². The van der Waals surface area contributed by atoms with Gasteiger partial charge in [0, 0.05) is 10.6 Å². The molecular weight excluding hydrogens is 293 g/mol. The van der Waals surface area contributed by atoms with Crippen molar-refractivity contribution in [1.29, 1.82) is 0 Å². The SMILES string of the molecule is CCOC(=O)c1nnn(CCSc2ccccc2F)c1C. The summed E-state index contributed by atoms with van der Waals surface area (Å²) in [5.41, 5.74) is 0.885. The molecule has 21 heavy (non-hydrogen) atoms. The summed E-state index contributed by atoms with van der Waals surface area (Å²) in [5.74, 6) is -0.0686. The average Bonchev–Trinajstić information content (AvgIpc) is 2.83. The number of esters is 1. The van der Waals surface area contributed by atoms with E-state index in [0.717, 1.165) is 0 Å². The summed E-state index contributed by atoms with van der Waals surface area (Å²) in [5, 5.41) is 7.76. The van der Waals surface area contributed by atoms with Gasteiger partial charge in [0.1, 0.15) is 5.82 Å². The molecule has 0 aliphatic heterocycles. The predicted octanol–water partition coefficient (Wildman–Crippen LogP) is 2.69. The van der Waals surface area contributed by atoms with Crippen LogP contribution in [0.1, 0.15) is 23.1 Å². The molecule has 0 saturated carbocycles. The second-order valence-corrected chi connectivity index (χ2v) is 5.38. The lowest BCUT2D eigenvalue weighted by atomic mass is 10.3. The van der Waals surface area contributed by atoms with Crippen molar-refractivity contribution in [2.24, 2.45) is 0 Å². The van der Waals surface area contributed by atoms with Crippen molar-refractivity contribution in [1.82, 2.24) is 15.0 Å². The Labute approximate surface area is 126 Å². The van der Waals surface area contributed by atoms with Gasteiger partial charge in [0.15, 0.2) is 5.69 Å². The lowest BCUT2D eigenvalue weighted by Crippen LogP contribution is -2.09. The van der Waals surface area contributed by atoms with Crippen LogP contribution in [0.2, 0.25) is 0 Å². The van der Waals surface area contributed by atoms with Crippen molar-refractivity contribution in [3.63, 3.8) is 0 Å². The van der Waals surface area contributed by atoms with Gasteiger partial charge in [0.25, 0.3) is 0 Å². The number of carbonyl (C=O) groups excluding carboxylic acids is 1. The zero-order chi connectivity index (χ0) is 15.2. The first-order valence-electron chi connectivity index (χ1n) is 6.58. The molecule has 112 valence electrons. The van der Waals surface area contributed by atoms with E-state index in [1.165, 1.54) is 17.8 Å². The number of hydrogen-bond acceptors (Lipinski definition) is 5. The molecule has 2 aromatic rings. The molecule has 0 fully saturated rings. The molecule has 1 heterocycles. The van der Waals surface area contributed by atoms with Gasteiger partial charge < -0.3 is 4.74 Å². The summed E-state index contributed by atoms with van der Waals surface area (Å²) < 4.78 is 20.0. The van der Waals surface area contributed by atoms with Crippen molar-refractivity contribution in [2.75, 3.05) is 12.4 Å². The fourth-order valence-electron chi connectivity index (χ4n) is 1.76. The summed E-state index contributed by atoms with van der Waals surface area (Å²) >= 11 is 1.40. The van der Waals surface area contributed by atoms with Crippen molar-refractivity contribution < 1.29 is 13.9 Å². The van der Waals surface area contributed by atoms with Crippen LogP contribution in [0, 0.1) is 12.7 Å². The highest BCUT2D eigenvalue weighted by atomic mass is 32.2. The number of hydrogen-bond donors (Lipinski definition) is 0. The molecule has 5 nitrogen and oxygen atoms in total. The van der Waals surface area contributed by atoms with Crippen LogP contribution in [0.5, 0.6) is 0 Å². The quantitative estimate of drug-likeness (QED) is 0.606. The number of rotatable bonds is 6. The molecular formula is C14H16FN3O2S. The minimum Gasteiger partial charge on any atom is -0.461 e. The Balaban J connectivity index is 1.95. The third-order valence-electron chi connectivity index (χ3n) is 2.85. The zero-order valence-corrected chi connectivity index (χ0v) is 12.7. The van der Waals surface area contributed by atoms with Gasteiger partial charge in [-0.15, -0.1) is 16.9 Å². The van der Waals surface area contributed by atoms with E-state index in [2.05, 4.69) is 10.3 Å². The number of aryl methyl sites for hydroxylation is 1. The third kappa shape index (κ3) is 3.81. The van der Waals surface area contributed by atoms with Crippen LogP contribution in [0.25, 0.3) is 0 Å². The monoisotopic (exact) mass is 309 g/mol. The van der Waals surface area contributed by atoms with Crippen molar-refractivity contribution in [2.45, 2.75) is 25.3 Å². The van der Waals surface area contributed by atoms with Crippen molar-refractivity contribution in [3.05, 3.63) is 41.5 Å². The van der Waals surface area contributed by atoms with Gasteiger partial charge in [0.2, 0.25) is 0 Å². The van der Waals surface area contributed by atoms with Crippen LogP contribution in [0.4, 0.5) is 4.39 Å². The smallest absolute Gasteiger partial charge is 0.360 e. The Hall–Kier alpha value is -1.89. The Morgan fingerprint density at radius 3 is 2.90 bits per heavy atom. The summed E-state index contributed by atoms with van der Waals surface area (Å²) in [6.07, 6.45) is 0. The maximum atomic E-state index is 13.5. The van der Waals surface area contributed by atoms with Crippen LogP contribution >= 0.6 is 11.8 Å². The Morgan fingerprint density at radius 1 is 1.43 bits per heavy atom. The normalized spacial score (nSPS) is 10.6. The highest BCUT2D eigenvalue weighted by Gasteiger charge is 2.17. The van der Waals surface area contributed by atoms with Gasteiger partial charge in [-0.1, -0.05) is 17.3 Å². The molecule has 0 N–H and O–H groups in total. The summed E-state index contributed by atoms with van der Waals surface area (Å²) in [7, 11) is 0. The van der Waals surface area contributed by atoms with Gasteiger partial charge in [-0.3, -0.25) is 0 Å². The molecule has 0 saturated heterocycles. The molecule has 2 rings (SSSR count). The van der Waals surface area contributed by atoms with Gasteiger partial charge in [-0.05, 0) is 26.0 Å². The maximum Gasteiger partial charge on any atom is 0.360 e. The minimum atomic E-state index is -0.469. The van der Waals surface area contributed by atoms with E-state index in [1.54, 1.807) is 36.7 Å². The molecule has 0 radical (unpaired) electrons. The van der Waals surface area contributed by atoms with E-state index < -0.39 is 5.97 Å². The van der Waals surface area contributed by atoms with Crippen molar-refractivity contribution in [3.8, 4) is 0 Å². The van der Waals surface area contributed by atoms with Crippen molar-refractivity contribution >= 4 is 17.7 Å². The Kier molecular flexibility index (Phi) is 5.32. The van der Waals surface area contributed by atoms with E-state index in [1.807, 2.05) is 0 Å². The first kappa shape index (κ1) is 15.5. The fraction of sp³-hybridized carbons (Fsp3) is 0.357. The zero-order valence-electron chi connectivity index (χ0n) is 11.9. The van der Waals surface area contributed by atoms with E-state index in [9.17, 15) is 9.18 Å². The number of ether oxygens (including phenoxy) is 1. The van der Waals surface area contributed by atoms with E-state index >= 15 is 0 Å². The number of aromatic nitrogens is 3. The number of nitrogens with zero attached hydrogens (tertiary/aromatic N) is 3. The van der Waals surface area contributed by atoms with Crippen LogP contribution in [-0.2, 0) is 11.3 Å². The fourth-order valence-corrected chi connectivity index (χ4v) is 2.63. The molecule has 1 aromatic heterocycles. The topological polar surface area (TPSA) is 57.0 Å². The van der Waals surface area contributed by atoms with Crippen LogP contribution in [0.3, 0.4) is 0 Å². The second kappa shape index (κ2) is 7.21. The average molecular weight is 309 g/mol. The lowest BCUT2D eigenvalue weighted by molar-refractivity contribution is 0.0518.